The molecule has 0 atom stereocenters. The first kappa shape index (κ1) is 24.8. The number of carbonyl (C=O) groups excluding carboxylic acids is 2. The summed E-state index contributed by atoms with van der Waals surface area (Å²) in [6.45, 7) is 3.78. The van der Waals surface area contributed by atoms with E-state index in [9.17, 15) is 27.2 Å². The van der Waals surface area contributed by atoms with Crippen LogP contribution < -0.4 is 15.4 Å². The van der Waals surface area contributed by atoms with Crippen LogP contribution in [0, 0.1) is 19.7 Å². The van der Waals surface area contributed by atoms with Gasteiger partial charge in [-0.2, -0.15) is 13.2 Å². The Hall–Kier alpha value is -3.88. The predicted molar refractivity (Wildman–Crippen MR) is 120 cm³/mol. The van der Waals surface area contributed by atoms with E-state index >= 15 is 0 Å². The molecule has 3 aromatic carbocycles. The van der Waals surface area contributed by atoms with E-state index < -0.39 is 35.1 Å². The maximum Gasteiger partial charge on any atom is 0.418 e. The lowest BCUT2D eigenvalue weighted by Crippen LogP contribution is -2.19. The second-order valence-corrected chi connectivity index (χ2v) is 7.63. The Bertz CT molecular complexity index is 1190. The van der Waals surface area contributed by atoms with Crippen LogP contribution in [-0.2, 0) is 11.0 Å². The Morgan fingerprint density at radius 2 is 1.62 bits per heavy atom. The van der Waals surface area contributed by atoms with E-state index in [1.54, 1.807) is 6.07 Å². The van der Waals surface area contributed by atoms with Crippen molar-refractivity contribution in [3.8, 4) is 5.75 Å². The van der Waals surface area contributed by atoms with Gasteiger partial charge in [0.25, 0.3) is 5.91 Å². The van der Waals surface area contributed by atoms with Gasteiger partial charge in [-0.3, -0.25) is 9.59 Å². The lowest BCUT2D eigenvalue weighted by atomic mass is 10.1. The SMILES string of the molecule is Cc1ccc(OCCC(=O)Nc2ccc(NC(=O)c3ccc(F)cc3)cc2C(F)(F)F)c(C)c1. The van der Waals surface area contributed by atoms with Gasteiger partial charge in [-0.25, -0.2) is 4.39 Å². The summed E-state index contributed by atoms with van der Waals surface area (Å²) in [6.07, 6.45) is -4.94. The standard InChI is InChI=1S/C25H22F4N2O3/c1-15-3-10-22(16(2)13-15)34-12-11-23(32)31-21-9-8-19(14-20(21)25(27,28)29)30-24(33)17-4-6-18(26)7-5-17/h3-10,13-14H,11-12H2,1-2H3,(H,30,33)(H,31,32). The van der Waals surface area contributed by atoms with Gasteiger partial charge in [0.05, 0.1) is 24.3 Å². The van der Waals surface area contributed by atoms with Gasteiger partial charge in [0.1, 0.15) is 11.6 Å². The molecule has 0 bridgehead atoms. The molecule has 0 aliphatic heterocycles. The number of halogens is 4. The normalized spacial score (nSPS) is 11.1. The molecule has 5 nitrogen and oxygen atoms in total. The van der Waals surface area contributed by atoms with Gasteiger partial charge < -0.3 is 15.4 Å². The van der Waals surface area contributed by atoms with E-state index in [2.05, 4.69) is 10.6 Å². The minimum atomic E-state index is -4.78. The highest BCUT2D eigenvalue weighted by Gasteiger charge is 2.34. The fraction of sp³-hybridized carbons (Fsp3) is 0.200. The molecule has 9 heteroatoms. The average molecular weight is 474 g/mol. The van der Waals surface area contributed by atoms with Crippen LogP contribution in [0.3, 0.4) is 0 Å². The van der Waals surface area contributed by atoms with Crippen molar-refractivity contribution >= 4 is 23.2 Å². The van der Waals surface area contributed by atoms with Gasteiger partial charge in [-0.15, -0.1) is 0 Å². The van der Waals surface area contributed by atoms with Gasteiger partial charge in [0, 0.05) is 11.3 Å². The monoisotopic (exact) mass is 474 g/mol. The third-order valence-electron chi connectivity index (χ3n) is 4.88. The first-order valence-electron chi connectivity index (χ1n) is 10.3. The zero-order valence-electron chi connectivity index (χ0n) is 18.4. The number of hydrogen-bond acceptors (Lipinski definition) is 3. The van der Waals surface area contributed by atoms with Gasteiger partial charge >= 0.3 is 6.18 Å². The summed E-state index contributed by atoms with van der Waals surface area (Å²) in [5.41, 5.74) is 0.337. The number of aryl methyl sites for hydroxylation is 2. The molecule has 3 aromatic rings. The van der Waals surface area contributed by atoms with Crippen molar-refractivity contribution < 1.29 is 31.9 Å². The number of amides is 2. The first-order chi connectivity index (χ1) is 16.0. The maximum atomic E-state index is 13.6. The average Bonchev–Trinajstić information content (AvgIpc) is 2.76. The van der Waals surface area contributed by atoms with E-state index in [1.165, 1.54) is 18.2 Å². The van der Waals surface area contributed by atoms with Crippen LogP contribution in [0.4, 0.5) is 28.9 Å². The summed E-state index contributed by atoms with van der Waals surface area (Å²) >= 11 is 0. The zero-order valence-corrected chi connectivity index (χ0v) is 18.4. The smallest absolute Gasteiger partial charge is 0.418 e. The highest BCUT2D eigenvalue weighted by atomic mass is 19.4. The van der Waals surface area contributed by atoms with E-state index in [-0.39, 0.29) is 24.3 Å². The quantitative estimate of drug-likeness (QED) is 0.406. The molecule has 2 amide bonds. The molecule has 3 rings (SSSR count). The molecule has 34 heavy (non-hydrogen) atoms. The van der Waals surface area contributed by atoms with E-state index in [0.29, 0.717) is 5.75 Å². The molecule has 0 aromatic heterocycles. The summed E-state index contributed by atoms with van der Waals surface area (Å²) in [5, 5.41) is 4.59. The number of carbonyl (C=O) groups is 2. The van der Waals surface area contributed by atoms with Crippen LogP contribution >= 0.6 is 0 Å². The summed E-state index contributed by atoms with van der Waals surface area (Å²) < 4.78 is 59.4. The molecule has 0 unspecified atom stereocenters. The Kier molecular flexibility index (Phi) is 7.55. The van der Waals surface area contributed by atoms with Crippen molar-refractivity contribution in [1.82, 2.24) is 0 Å². The molecule has 0 aliphatic rings. The number of alkyl halides is 3. The van der Waals surface area contributed by atoms with Crippen molar-refractivity contribution in [3.63, 3.8) is 0 Å². The molecular formula is C25H22F4N2O3. The lowest BCUT2D eigenvalue weighted by Gasteiger charge is -2.16. The highest BCUT2D eigenvalue weighted by Crippen LogP contribution is 2.36. The van der Waals surface area contributed by atoms with E-state index in [4.69, 9.17) is 4.74 Å². The fourth-order valence-corrected chi connectivity index (χ4v) is 3.20. The maximum absolute atomic E-state index is 13.6. The van der Waals surface area contributed by atoms with Gasteiger partial charge in [0.2, 0.25) is 5.91 Å². The van der Waals surface area contributed by atoms with Crippen LogP contribution in [-0.4, -0.2) is 18.4 Å². The summed E-state index contributed by atoms with van der Waals surface area (Å²) in [5.74, 6) is -1.31. The number of hydrogen-bond donors (Lipinski definition) is 2. The summed E-state index contributed by atoms with van der Waals surface area (Å²) in [6, 6.07) is 13.1. The first-order valence-corrected chi connectivity index (χ1v) is 10.3. The molecule has 0 saturated carbocycles. The van der Waals surface area contributed by atoms with Gasteiger partial charge in [-0.05, 0) is 67.9 Å². The zero-order chi connectivity index (χ0) is 24.9. The van der Waals surface area contributed by atoms with E-state index in [0.717, 1.165) is 35.4 Å². The second kappa shape index (κ2) is 10.4. The Morgan fingerprint density at radius 3 is 2.26 bits per heavy atom. The molecule has 178 valence electrons. The number of nitrogens with one attached hydrogen (secondary N) is 2. The molecule has 0 saturated heterocycles. The third-order valence-corrected chi connectivity index (χ3v) is 4.88. The van der Waals surface area contributed by atoms with Crippen molar-refractivity contribution in [2.24, 2.45) is 0 Å². The summed E-state index contributed by atoms with van der Waals surface area (Å²) in [7, 11) is 0. The number of rotatable bonds is 7. The van der Waals surface area contributed by atoms with Gasteiger partial charge in [-0.1, -0.05) is 17.7 Å². The van der Waals surface area contributed by atoms with Crippen molar-refractivity contribution in [1.29, 1.82) is 0 Å². The fourth-order valence-electron chi connectivity index (χ4n) is 3.20. The van der Waals surface area contributed by atoms with Crippen molar-refractivity contribution in [2.45, 2.75) is 26.4 Å². The number of ether oxygens (including phenoxy) is 1. The highest BCUT2D eigenvalue weighted by molar-refractivity contribution is 6.04. The molecule has 0 heterocycles. The van der Waals surface area contributed by atoms with Gasteiger partial charge in [0.15, 0.2) is 0 Å². The third kappa shape index (κ3) is 6.57. The Balaban J connectivity index is 1.66. The van der Waals surface area contributed by atoms with Crippen LogP contribution in [0.25, 0.3) is 0 Å². The molecule has 0 fully saturated rings. The molecule has 0 radical (unpaired) electrons. The van der Waals surface area contributed by atoms with Crippen LogP contribution in [0.1, 0.15) is 33.5 Å². The predicted octanol–water partition coefficient (Wildman–Crippen LogP) is 6.12. The largest absolute Gasteiger partial charge is 0.493 e. The Labute approximate surface area is 193 Å². The minimum absolute atomic E-state index is 0.0110. The minimum Gasteiger partial charge on any atom is -0.493 e. The van der Waals surface area contributed by atoms with Crippen LogP contribution in [0.5, 0.6) is 5.75 Å². The van der Waals surface area contributed by atoms with Crippen molar-refractivity contribution in [3.05, 3.63) is 88.7 Å². The van der Waals surface area contributed by atoms with Crippen molar-refractivity contribution in [2.75, 3.05) is 17.2 Å². The molecular weight excluding hydrogens is 452 g/mol. The second-order valence-electron chi connectivity index (χ2n) is 7.63. The lowest BCUT2D eigenvalue weighted by molar-refractivity contribution is -0.136. The molecule has 0 aliphatic carbocycles. The number of anilines is 2. The topological polar surface area (TPSA) is 67.4 Å². The Morgan fingerprint density at radius 1 is 0.912 bits per heavy atom. The number of benzene rings is 3. The summed E-state index contributed by atoms with van der Waals surface area (Å²) in [4.78, 5) is 24.5. The van der Waals surface area contributed by atoms with Crippen LogP contribution in [0.2, 0.25) is 0 Å². The van der Waals surface area contributed by atoms with Crippen LogP contribution in [0.15, 0.2) is 60.7 Å². The molecule has 0 spiro atoms. The molecule has 2 N–H and O–H groups in total. The van der Waals surface area contributed by atoms with E-state index in [1.807, 2.05) is 26.0 Å².